The van der Waals surface area contributed by atoms with Crippen LogP contribution in [-0.4, -0.2) is 39.2 Å². The molecule has 0 atom stereocenters. The molecule has 10 heteroatoms. The van der Waals surface area contributed by atoms with Gasteiger partial charge >= 0.3 is 6.09 Å². The lowest BCUT2D eigenvalue weighted by Gasteiger charge is -2.23. The number of aromatic nitrogens is 2. The summed E-state index contributed by atoms with van der Waals surface area (Å²) in [6.07, 6.45) is 0.398. The predicted octanol–water partition coefficient (Wildman–Crippen LogP) is 4.20. The number of hydrogen-bond acceptors (Lipinski definition) is 6. The highest BCUT2D eigenvalue weighted by Gasteiger charge is 2.34. The van der Waals surface area contributed by atoms with Crippen molar-refractivity contribution in [1.29, 1.82) is 0 Å². The molecule has 3 rings (SSSR count). The number of benzene rings is 1. The second-order valence-electron chi connectivity index (χ2n) is 8.19. The van der Waals surface area contributed by atoms with Gasteiger partial charge in [-0.05, 0) is 51.7 Å². The second-order valence-corrected chi connectivity index (χ2v) is 9.10. The van der Waals surface area contributed by atoms with Crippen molar-refractivity contribution in [2.24, 2.45) is 7.05 Å². The van der Waals surface area contributed by atoms with E-state index in [4.69, 9.17) is 9.47 Å². The third kappa shape index (κ3) is 4.34. The van der Waals surface area contributed by atoms with Crippen LogP contribution < -0.4 is 5.56 Å². The minimum absolute atomic E-state index is 0.180. The van der Waals surface area contributed by atoms with Gasteiger partial charge in [-0.2, -0.15) is 4.68 Å². The molecule has 162 valence electrons. The zero-order chi connectivity index (χ0) is 22.2. The van der Waals surface area contributed by atoms with Crippen LogP contribution in [0.25, 0.3) is 11.3 Å². The summed E-state index contributed by atoms with van der Waals surface area (Å²) >= 11 is 3.35. The third-order valence-corrected chi connectivity index (χ3v) is 5.39. The van der Waals surface area contributed by atoms with Crippen LogP contribution in [0.2, 0.25) is 0 Å². The average Bonchev–Trinajstić information content (AvgIpc) is 2.92. The van der Waals surface area contributed by atoms with Gasteiger partial charge in [-0.25, -0.2) is 9.48 Å². The molecular formula is C20H24BrN3O6. The number of halogens is 1. The van der Waals surface area contributed by atoms with Gasteiger partial charge in [0.1, 0.15) is 5.60 Å². The van der Waals surface area contributed by atoms with Crippen molar-refractivity contribution >= 4 is 27.7 Å². The SMILES string of the molecule is Cn1c(=O)c(C2CCOCC2)c(-c2cc(Br)ccc2[N+](=O)[O-])n1C(=O)OC(C)(C)C. The van der Waals surface area contributed by atoms with Crippen LogP contribution in [0.15, 0.2) is 27.5 Å². The molecular weight excluding hydrogens is 458 g/mol. The van der Waals surface area contributed by atoms with E-state index in [0.29, 0.717) is 36.1 Å². The normalized spacial score (nSPS) is 15.2. The Labute approximate surface area is 181 Å². The highest BCUT2D eigenvalue weighted by molar-refractivity contribution is 9.10. The molecule has 9 nitrogen and oxygen atoms in total. The summed E-state index contributed by atoms with van der Waals surface area (Å²) in [6, 6.07) is 4.45. The molecule has 0 bridgehead atoms. The van der Waals surface area contributed by atoms with Gasteiger partial charge in [0.15, 0.2) is 0 Å². The maximum atomic E-state index is 13.2. The van der Waals surface area contributed by atoms with Crippen molar-refractivity contribution in [3.63, 3.8) is 0 Å². The zero-order valence-electron chi connectivity index (χ0n) is 17.3. The van der Waals surface area contributed by atoms with Crippen LogP contribution in [0.5, 0.6) is 0 Å². The Morgan fingerprint density at radius 1 is 1.30 bits per heavy atom. The number of nitro benzene ring substituents is 1. The first-order valence-electron chi connectivity index (χ1n) is 9.58. The second kappa shape index (κ2) is 8.35. The smallest absolute Gasteiger partial charge is 0.434 e. The van der Waals surface area contributed by atoms with Crippen molar-refractivity contribution in [1.82, 2.24) is 9.36 Å². The van der Waals surface area contributed by atoms with Crippen LogP contribution in [0.4, 0.5) is 10.5 Å². The molecule has 0 radical (unpaired) electrons. The van der Waals surface area contributed by atoms with Gasteiger partial charge in [0.2, 0.25) is 0 Å². The van der Waals surface area contributed by atoms with E-state index in [1.807, 2.05) is 0 Å². The van der Waals surface area contributed by atoms with E-state index in [2.05, 4.69) is 15.9 Å². The van der Waals surface area contributed by atoms with Crippen molar-refractivity contribution in [2.45, 2.75) is 45.1 Å². The topological polar surface area (TPSA) is 106 Å². The Balaban J connectivity index is 2.35. The minimum atomic E-state index is -0.809. The van der Waals surface area contributed by atoms with Crippen LogP contribution in [0.3, 0.4) is 0 Å². The monoisotopic (exact) mass is 481 g/mol. The maximum Gasteiger partial charge on any atom is 0.434 e. The molecule has 0 aliphatic carbocycles. The molecule has 30 heavy (non-hydrogen) atoms. The molecule has 0 spiro atoms. The number of carbonyl (C=O) groups excluding carboxylic acids is 1. The van der Waals surface area contributed by atoms with E-state index in [0.717, 1.165) is 4.68 Å². The highest BCUT2D eigenvalue weighted by Crippen LogP contribution is 2.39. The third-order valence-electron chi connectivity index (χ3n) is 4.90. The lowest BCUT2D eigenvalue weighted by molar-refractivity contribution is -0.384. The number of ether oxygens (including phenoxy) is 2. The Kier molecular flexibility index (Phi) is 6.19. The van der Waals surface area contributed by atoms with Gasteiger partial charge in [-0.15, -0.1) is 0 Å². The first kappa shape index (κ1) is 22.2. The number of rotatable bonds is 3. The van der Waals surface area contributed by atoms with Crippen molar-refractivity contribution in [3.05, 3.63) is 48.7 Å². The van der Waals surface area contributed by atoms with Gasteiger partial charge in [0, 0.05) is 36.4 Å². The van der Waals surface area contributed by atoms with Gasteiger partial charge in [0.05, 0.1) is 16.2 Å². The van der Waals surface area contributed by atoms with E-state index < -0.39 is 16.6 Å². The molecule has 1 aliphatic rings. The first-order chi connectivity index (χ1) is 14.0. The average molecular weight is 482 g/mol. The minimum Gasteiger partial charge on any atom is -0.442 e. The summed E-state index contributed by atoms with van der Waals surface area (Å²) < 4.78 is 13.8. The Morgan fingerprint density at radius 2 is 1.93 bits per heavy atom. The number of carbonyl (C=O) groups is 1. The summed E-state index contributed by atoms with van der Waals surface area (Å²) in [5.74, 6) is -0.185. The first-order valence-corrected chi connectivity index (χ1v) is 10.4. The quantitative estimate of drug-likeness (QED) is 0.480. The molecule has 1 aromatic carbocycles. The molecule has 1 aliphatic heterocycles. The van der Waals surface area contributed by atoms with Gasteiger partial charge in [0.25, 0.3) is 11.2 Å². The van der Waals surface area contributed by atoms with E-state index in [9.17, 15) is 19.7 Å². The van der Waals surface area contributed by atoms with E-state index in [1.165, 1.54) is 17.8 Å². The molecule has 0 N–H and O–H groups in total. The van der Waals surface area contributed by atoms with Crippen LogP contribution in [0.1, 0.15) is 45.1 Å². The van der Waals surface area contributed by atoms with Crippen molar-refractivity contribution in [3.8, 4) is 11.3 Å². The maximum absolute atomic E-state index is 13.2. The number of nitrogens with zero attached hydrogens (tertiary/aromatic N) is 3. The summed E-state index contributed by atoms with van der Waals surface area (Å²) in [6.45, 7) is 6.10. The molecule has 0 amide bonds. The van der Waals surface area contributed by atoms with Gasteiger partial charge in [-0.3, -0.25) is 14.9 Å². The molecule has 0 unspecified atom stereocenters. The summed E-state index contributed by atoms with van der Waals surface area (Å²) in [5.41, 5.74) is -0.646. The lowest BCUT2D eigenvalue weighted by Crippen LogP contribution is -2.32. The molecule has 0 saturated carbocycles. The standard InChI is InChI=1S/C20H24BrN3O6/c1-20(2,3)30-19(26)23-17(14-11-13(21)5-6-15(14)24(27)28)16(18(25)22(23)4)12-7-9-29-10-8-12/h5-6,11-12H,7-10H2,1-4H3. The zero-order valence-corrected chi connectivity index (χ0v) is 18.9. The van der Waals surface area contributed by atoms with E-state index in [1.54, 1.807) is 32.9 Å². The molecule has 2 heterocycles. The lowest BCUT2D eigenvalue weighted by atomic mass is 9.89. The van der Waals surface area contributed by atoms with Crippen LogP contribution in [0, 0.1) is 10.1 Å². The fraction of sp³-hybridized carbons (Fsp3) is 0.500. The van der Waals surface area contributed by atoms with E-state index >= 15 is 0 Å². The van der Waals surface area contributed by atoms with Gasteiger partial charge < -0.3 is 9.47 Å². The molecule has 2 aromatic rings. The summed E-state index contributed by atoms with van der Waals surface area (Å²) in [7, 11) is 1.46. The molecule has 1 saturated heterocycles. The largest absolute Gasteiger partial charge is 0.442 e. The fourth-order valence-corrected chi connectivity index (χ4v) is 3.98. The van der Waals surface area contributed by atoms with Crippen LogP contribution >= 0.6 is 15.9 Å². The number of nitro groups is 1. The van der Waals surface area contributed by atoms with Crippen molar-refractivity contribution in [2.75, 3.05) is 13.2 Å². The van der Waals surface area contributed by atoms with Crippen molar-refractivity contribution < 1.29 is 19.2 Å². The highest BCUT2D eigenvalue weighted by atomic mass is 79.9. The predicted molar refractivity (Wildman–Crippen MR) is 114 cm³/mol. The Morgan fingerprint density at radius 3 is 2.50 bits per heavy atom. The Hall–Kier alpha value is -2.46. The van der Waals surface area contributed by atoms with E-state index in [-0.39, 0.29) is 28.4 Å². The Bertz CT molecular complexity index is 1040. The molecule has 1 fully saturated rings. The fourth-order valence-electron chi connectivity index (χ4n) is 3.62. The van der Waals surface area contributed by atoms with Gasteiger partial charge in [-0.1, -0.05) is 15.9 Å². The summed E-state index contributed by atoms with van der Waals surface area (Å²) in [4.78, 5) is 37.5. The molecule has 1 aromatic heterocycles. The van der Waals surface area contributed by atoms with Crippen LogP contribution in [-0.2, 0) is 16.5 Å². The number of hydrogen-bond donors (Lipinski definition) is 0. The summed E-state index contributed by atoms with van der Waals surface area (Å²) in [5, 5.41) is 11.8.